The number of nitrogens with one attached hydrogen (secondary N) is 3. The fraction of sp³-hybridized carbons (Fsp3) is 0.100. The molecular formula is C20H16F3N5O4. The molecular weight excluding hydrogens is 431 g/mol. The van der Waals surface area contributed by atoms with Crippen LogP contribution in [0.1, 0.15) is 33.3 Å². The minimum Gasteiger partial charge on any atom is -0.504 e. The Labute approximate surface area is 178 Å². The maximum absolute atomic E-state index is 13.2. The number of ketones is 1. The summed E-state index contributed by atoms with van der Waals surface area (Å²) in [6.45, 7) is 1.39. The lowest BCUT2D eigenvalue weighted by Gasteiger charge is -2.12. The van der Waals surface area contributed by atoms with Crippen molar-refractivity contribution in [1.82, 2.24) is 20.6 Å². The van der Waals surface area contributed by atoms with E-state index in [0.29, 0.717) is 15.9 Å². The minimum absolute atomic E-state index is 0.148. The van der Waals surface area contributed by atoms with Crippen molar-refractivity contribution in [3.63, 3.8) is 0 Å². The number of aromatic hydroxyl groups is 1. The Morgan fingerprint density at radius 1 is 1.00 bits per heavy atom. The summed E-state index contributed by atoms with van der Waals surface area (Å²) >= 11 is 0. The predicted molar refractivity (Wildman–Crippen MR) is 106 cm³/mol. The van der Waals surface area contributed by atoms with E-state index in [1.165, 1.54) is 43.3 Å². The number of hydrazine groups is 1. The summed E-state index contributed by atoms with van der Waals surface area (Å²) in [7, 11) is 0. The number of nitrogens with zero attached hydrogens (tertiary/aromatic N) is 2. The van der Waals surface area contributed by atoms with Gasteiger partial charge in [0.05, 0.1) is 17.4 Å². The highest BCUT2D eigenvalue weighted by molar-refractivity contribution is 5.98. The lowest BCUT2D eigenvalue weighted by molar-refractivity contribution is -0.137. The maximum atomic E-state index is 13.2. The number of hydrogen-bond acceptors (Lipinski definition) is 5. The number of anilines is 1. The predicted octanol–water partition coefficient (Wildman–Crippen LogP) is 3.27. The fourth-order valence-electron chi connectivity index (χ4n) is 2.69. The number of benzene rings is 2. The van der Waals surface area contributed by atoms with Gasteiger partial charge in [-0.15, -0.1) is 0 Å². The molecule has 32 heavy (non-hydrogen) atoms. The van der Waals surface area contributed by atoms with Crippen LogP contribution in [0.4, 0.5) is 23.7 Å². The van der Waals surface area contributed by atoms with Gasteiger partial charge in [0.2, 0.25) is 0 Å². The second kappa shape index (κ2) is 8.79. The van der Waals surface area contributed by atoms with Gasteiger partial charge < -0.3 is 10.4 Å². The van der Waals surface area contributed by atoms with Gasteiger partial charge in [0.15, 0.2) is 17.2 Å². The van der Waals surface area contributed by atoms with E-state index in [1.54, 1.807) is 0 Å². The summed E-state index contributed by atoms with van der Waals surface area (Å²) in [6, 6.07) is 9.60. The highest BCUT2D eigenvalue weighted by Gasteiger charge is 2.34. The van der Waals surface area contributed by atoms with Crippen LogP contribution in [0, 0.1) is 0 Å². The summed E-state index contributed by atoms with van der Waals surface area (Å²) in [5.41, 5.74) is 2.78. The second-order valence-electron chi connectivity index (χ2n) is 6.49. The van der Waals surface area contributed by atoms with Gasteiger partial charge in [-0.05, 0) is 43.3 Å². The van der Waals surface area contributed by atoms with Gasteiger partial charge in [0, 0.05) is 11.3 Å². The van der Waals surface area contributed by atoms with Crippen LogP contribution in [0.2, 0.25) is 0 Å². The molecule has 0 fully saturated rings. The molecule has 0 saturated heterocycles. The zero-order chi connectivity index (χ0) is 23.5. The van der Waals surface area contributed by atoms with Gasteiger partial charge in [-0.1, -0.05) is 12.1 Å². The maximum Gasteiger partial charge on any atom is 0.418 e. The quantitative estimate of drug-likeness (QED) is 0.361. The Bertz CT molecular complexity index is 1170. The number of carbonyl (C=O) groups excluding carboxylic acids is 3. The standard InChI is InChI=1S/C20H16F3N5O4/c1-11(29)12-6-8-13(9-7-12)24-19(32)26-25-18(31)17-16(30)10-28(27-17)15-5-3-2-4-14(15)20(21,22)23/h2-10,30H,1H3,(H,25,31)(H2,24,26,32). The molecule has 0 saturated carbocycles. The average molecular weight is 447 g/mol. The van der Waals surface area contributed by atoms with Crippen LogP contribution in [-0.2, 0) is 6.18 Å². The molecule has 0 atom stereocenters. The highest BCUT2D eigenvalue weighted by atomic mass is 19.4. The zero-order valence-electron chi connectivity index (χ0n) is 16.4. The Balaban J connectivity index is 1.67. The first-order chi connectivity index (χ1) is 15.1. The number of urea groups is 1. The van der Waals surface area contributed by atoms with Crippen molar-refractivity contribution in [3.8, 4) is 11.4 Å². The number of para-hydroxylation sites is 1. The van der Waals surface area contributed by atoms with E-state index in [2.05, 4.69) is 10.4 Å². The second-order valence-corrected chi connectivity index (χ2v) is 6.49. The smallest absolute Gasteiger partial charge is 0.418 e. The van der Waals surface area contributed by atoms with Gasteiger partial charge in [-0.3, -0.25) is 15.0 Å². The van der Waals surface area contributed by atoms with Crippen LogP contribution in [0.3, 0.4) is 0 Å². The summed E-state index contributed by atoms with van der Waals surface area (Å²) in [5.74, 6) is -1.90. The summed E-state index contributed by atoms with van der Waals surface area (Å²) in [4.78, 5) is 35.4. The number of hydrogen-bond donors (Lipinski definition) is 4. The molecule has 3 amide bonds. The third-order valence-corrected chi connectivity index (χ3v) is 4.21. The Hall–Kier alpha value is -4.35. The van der Waals surface area contributed by atoms with E-state index in [4.69, 9.17) is 0 Å². The van der Waals surface area contributed by atoms with Gasteiger partial charge in [-0.2, -0.15) is 18.3 Å². The van der Waals surface area contributed by atoms with E-state index in [-0.39, 0.29) is 5.78 Å². The van der Waals surface area contributed by atoms with Crippen LogP contribution in [0.25, 0.3) is 5.69 Å². The van der Waals surface area contributed by atoms with E-state index in [1.807, 2.05) is 10.9 Å². The molecule has 0 bridgehead atoms. The number of carbonyl (C=O) groups is 3. The number of halogens is 3. The normalized spacial score (nSPS) is 11.0. The van der Waals surface area contributed by atoms with Gasteiger partial charge in [0.1, 0.15) is 0 Å². The molecule has 0 unspecified atom stereocenters. The van der Waals surface area contributed by atoms with Gasteiger partial charge in [-0.25, -0.2) is 14.9 Å². The van der Waals surface area contributed by atoms with Gasteiger partial charge >= 0.3 is 12.2 Å². The van der Waals surface area contributed by atoms with E-state index < -0.39 is 40.8 Å². The summed E-state index contributed by atoms with van der Waals surface area (Å²) < 4.78 is 40.3. The molecule has 3 aromatic rings. The third kappa shape index (κ3) is 5.03. The molecule has 166 valence electrons. The number of alkyl halides is 3. The van der Waals surface area contributed by atoms with Crippen molar-refractivity contribution < 1.29 is 32.7 Å². The number of amides is 3. The average Bonchev–Trinajstić information content (AvgIpc) is 3.13. The van der Waals surface area contributed by atoms with Crippen LogP contribution < -0.4 is 16.2 Å². The molecule has 0 aliphatic carbocycles. The third-order valence-electron chi connectivity index (χ3n) is 4.21. The first-order valence-electron chi connectivity index (χ1n) is 9.00. The van der Waals surface area contributed by atoms with E-state index >= 15 is 0 Å². The molecule has 0 spiro atoms. The Kier molecular flexibility index (Phi) is 6.14. The molecule has 12 heteroatoms. The van der Waals surface area contributed by atoms with Crippen molar-refractivity contribution in [2.45, 2.75) is 13.1 Å². The van der Waals surface area contributed by atoms with Crippen molar-refractivity contribution in [3.05, 3.63) is 71.5 Å². The van der Waals surface area contributed by atoms with Gasteiger partial charge in [0.25, 0.3) is 5.91 Å². The first kappa shape index (κ1) is 22.3. The van der Waals surface area contributed by atoms with Crippen LogP contribution in [-0.4, -0.2) is 32.6 Å². The number of rotatable bonds is 4. The fourth-order valence-corrected chi connectivity index (χ4v) is 2.69. The molecule has 2 aromatic carbocycles. The lowest BCUT2D eigenvalue weighted by Crippen LogP contribution is -2.44. The van der Waals surface area contributed by atoms with Crippen molar-refractivity contribution >= 4 is 23.4 Å². The zero-order valence-corrected chi connectivity index (χ0v) is 16.4. The molecule has 0 aliphatic heterocycles. The molecule has 0 radical (unpaired) electrons. The van der Waals surface area contributed by atoms with E-state index in [0.717, 1.165) is 18.3 Å². The van der Waals surface area contributed by atoms with Crippen molar-refractivity contribution in [1.29, 1.82) is 0 Å². The molecule has 0 aliphatic rings. The lowest BCUT2D eigenvalue weighted by atomic mass is 10.1. The summed E-state index contributed by atoms with van der Waals surface area (Å²) in [6.07, 6.45) is -3.83. The van der Waals surface area contributed by atoms with Crippen molar-refractivity contribution in [2.24, 2.45) is 0 Å². The number of Topliss-reactive ketones (excluding diaryl/α,β-unsaturated/α-hetero) is 1. The van der Waals surface area contributed by atoms with Crippen molar-refractivity contribution in [2.75, 3.05) is 5.32 Å². The molecule has 1 aromatic heterocycles. The van der Waals surface area contributed by atoms with Crippen LogP contribution in [0.15, 0.2) is 54.7 Å². The molecule has 4 N–H and O–H groups in total. The Morgan fingerprint density at radius 2 is 1.66 bits per heavy atom. The molecule has 3 rings (SSSR count). The molecule has 9 nitrogen and oxygen atoms in total. The molecule has 1 heterocycles. The monoisotopic (exact) mass is 447 g/mol. The minimum atomic E-state index is -4.68. The first-order valence-corrected chi connectivity index (χ1v) is 9.00. The topological polar surface area (TPSA) is 125 Å². The number of aromatic nitrogens is 2. The van der Waals surface area contributed by atoms with Crippen LogP contribution >= 0.6 is 0 Å². The SMILES string of the molecule is CC(=O)c1ccc(NC(=O)NNC(=O)c2nn(-c3ccccc3C(F)(F)F)cc2O)cc1. The summed E-state index contributed by atoms with van der Waals surface area (Å²) in [5, 5.41) is 16.0. The van der Waals surface area contributed by atoms with E-state index in [9.17, 15) is 32.7 Å². The Morgan fingerprint density at radius 3 is 2.28 bits per heavy atom. The highest BCUT2D eigenvalue weighted by Crippen LogP contribution is 2.34. The largest absolute Gasteiger partial charge is 0.504 e. The van der Waals surface area contributed by atoms with Crippen LogP contribution in [0.5, 0.6) is 5.75 Å².